The van der Waals surface area contributed by atoms with Gasteiger partial charge in [-0.3, -0.25) is 14.9 Å². The Kier molecular flexibility index (Phi) is 4.55. The van der Waals surface area contributed by atoms with Crippen LogP contribution < -0.4 is 4.74 Å². The van der Waals surface area contributed by atoms with E-state index < -0.39 is 4.92 Å². The van der Waals surface area contributed by atoms with Crippen LogP contribution in [0.2, 0.25) is 5.02 Å². The van der Waals surface area contributed by atoms with Crippen molar-refractivity contribution in [2.75, 3.05) is 0 Å². The van der Waals surface area contributed by atoms with Crippen molar-refractivity contribution in [1.82, 2.24) is 0 Å². The number of carbonyl (C=O) groups is 1. The smallest absolute Gasteiger partial charge is 0.277 e. The molecule has 6 heteroatoms. The minimum atomic E-state index is -0.497. The zero-order valence-corrected chi connectivity index (χ0v) is 12.0. The lowest BCUT2D eigenvalue weighted by molar-refractivity contribution is -0.385. The van der Waals surface area contributed by atoms with E-state index in [2.05, 4.69) is 0 Å². The van der Waals surface area contributed by atoms with E-state index in [9.17, 15) is 14.9 Å². The first-order valence-electron chi connectivity index (χ1n) is 6.14. The van der Waals surface area contributed by atoms with Crippen LogP contribution in [0.25, 0.3) is 0 Å². The van der Waals surface area contributed by atoms with Crippen molar-refractivity contribution >= 4 is 23.1 Å². The minimum absolute atomic E-state index is 0.0184. The molecule has 21 heavy (non-hydrogen) atoms. The number of ether oxygens (including phenoxy) is 1. The fraction of sp³-hybridized carbons (Fsp3) is 0.133. The van der Waals surface area contributed by atoms with Gasteiger partial charge in [-0.25, -0.2) is 0 Å². The lowest BCUT2D eigenvalue weighted by Crippen LogP contribution is -2.02. The van der Waals surface area contributed by atoms with Crippen LogP contribution >= 0.6 is 11.6 Å². The molecule has 0 atom stereocenters. The number of Topliss-reactive ketones (excluding diaryl/α,β-unsaturated/α-hetero) is 1. The Morgan fingerprint density at radius 3 is 2.48 bits per heavy atom. The predicted molar refractivity (Wildman–Crippen MR) is 78.9 cm³/mol. The van der Waals surface area contributed by atoms with Crippen LogP contribution in [-0.2, 0) is 6.61 Å². The molecular formula is C15H12ClNO4. The number of nitrogens with zero attached hydrogens (tertiary/aromatic N) is 1. The fourth-order valence-corrected chi connectivity index (χ4v) is 2.03. The number of carbonyl (C=O) groups excluding carboxylic acids is 1. The third-order valence-corrected chi connectivity index (χ3v) is 3.29. The van der Waals surface area contributed by atoms with Gasteiger partial charge in [-0.05, 0) is 37.3 Å². The monoisotopic (exact) mass is 305 g/mol. The Balaban J connectivity index is 2.16. The van der Waals surface area contributed by atoms with E-state index in [1.807, 2.05) is 0 Å². The molecular weight excluding hydrogens is 294 g/mol. The number of hydrogen-bond donors (Lipinski definition) is 0. The van der Waals surface area contributed by atoms with Gasteiger partial charge in [-0.15, -0.1) is 0 Å². The van der Waals surface area contributed by atoms with Crippen molar-refractivity contribution in [1.29, 1.82) is 0 Å². The van der Waals surface area contributed by atoms with Crippen molar-refractivity contribution in [2.45, 2.75) is 13.5 Å². The second-order valence-corrected chi connectivity index (χ2v) is 4.77. The normalized spacial score (nSPS) is 10.2. The van der Waals surface area contributed by atoms with Gasteiger partial charge in [-0.2, -0.15) is 0 Å². The van der Waals surface area contributed by atoms with Crippen molar-refractivity contribution in [3.05, 3.63) is 68.7 Å². The average Bonchev–Trinajstić information content (AvgIpc) is 2.46. The molecule has 108 valence electrons. The fourth-order valence-electron chi connectivity index (χ4n) is 1.80. The summed E-state index contributed by atoms with van der Waals surface area (Å²) < 4.78 is 5.50. The summed E-state index contributed by atoms with van der Waals surface area (Å²) in [5, 5.41) is 11.2. The van der Waals surface area contributed by atoms with E-state index in [-0.39, 0.29) is 23.1 Å². The van der Waals surface area contributed by atoms with Crippen molar-refractivity contribution < 1.29 is 14.5 Å². The van der Waals surface area contributed by atoms with Crippen molar-refractivity contribution in [3.8, 4) is 5.75 Å². The molecule has 0 bridgehead atoms. The van der Waals surface area contributed by atoms with E-state index in [1.165, 1.54) is 19.1 Å². The van der Waals surface area contributed by atoms with E-state index >= 15 is 0 Å². The molecule has 0 radical (unpaired) electrons. The lowest BCUT2D eigenvalue weighted by Gasteiger charge is -2.08. The second kappa shape index (κ2) is 6.37. The number of ketones is 1. The molecule has 0 unspecified atom stereocenters. The van der Waals surface area contributed by atoms with Crippen molar-refractivity contribution in [2.24, 2.45) is 0 Å². The maximum absolute atomic E-state index is 11.2. The summed E-state index contributed by atoms with van der Waals surface area (Å²) in [6.45, 7) is 1.46. The molecule has 5 nitrogen and oxygen atoms in total. The average molecular weight is 306 g/mol. The first-order chi connectivity index (χ1) is 9.99. The highest BCUT2D eigenvalue weighted by Crippen LogP contribution is 2.27. The van der Waals surface area contributed by atoms with Crippen LogP contribution in [0, 0.1) is 10.1 Å². The summed E-state index contributed by atoms with van der Waals surface area (Å²) in [6.07, 6.45) is 0. The maximum atomic E-state index is 11.2. The van der Waals surface area contributed by atoms with Crippen LogP contribution in [0.1, 0.15) is 22.8 Å². The molecule has 2 aromatic carbocycles. The Bertz CT molecular complexity index is 683. The van der Waals surface area contributed by atoms with Crippen molar-refractivity contribution in [3.63, 3.8) is 0 Å². The van der Waals surface area contributed by atoms with Crippen LogP contribution in [0.4, 0.5) is 5.69 Å². The van der Waals surface area contributed by atoms with Gasteiger partial charge in [0.1, 0.15) is 12.4 Å². The van der Waals surface area contributed by atoms with E-state index in [4.69, 9.17) is 16.3 Å². The molecule has 0 heterocycles. The third-order valence-electron chi connectivity index (χ3n) is 2.93. The highest BCUT2D eigenvalue weighted by Gasteiger charge is 2.17. The van der Waals surface area contributed by atoms with Gasteiger partial charge < -0.3 is 4.74 Å². The molecule has 0 aromatic heterocycles. The van der Waals surface area contributed by atoms with E-state index in [0.29, 0.717) is 16.9 Å². The standard InChI is InChI=1S/C15H12ClNO4/c1-10(18)11-5-7-12(8-6-11)21-9-13-14(16)3-2-4-15(13)17(19)20/h2-8H,9H2,1H3. The third kappa shape index (κ3) is 3.58. The lowest BCUT2D eigenvalue weighted by atomic mass is 10.1. The molecule has 0 amide bonds. The molecule has 2 rings (SSSR count). The summed E-state index contributed by atoms with van der Waals surface area (Å²) >= 11 is 5.98. The zero-order chi connectivity index (χ0) is 15.4. The first-order valence-corrected chi connectivity index (χ1v) is 6.52. The van der Waals surface area contributed by atoms with Crippen LogP contribution in [0.5, 0.6) is 5.75 Å². The molecule has 0 aliphatic heterocycles. The quantitative estimate of drug-likeness (QED) is 0.475. The highest BCUT2D eigenvalue weighted by atomic mass is 35.5. The first kappa shape index (κ1) is 15.0. The minimum Gasteiger partial charge on any atom is -0.489 e. The van der Waals surface area contributed by atoms with Crippen LogP contribution in [0.3, 0.4) is 0 Å². The number of nitro benzene ring substituents is 1. The Hall–Kier alpha value is -2.40. The van der Waals surface area contributed by atoms with E-state index in [0.717, 1.165) is 0 Å². The largest absolute Gasteiger partial charge is 0.489 e. The molecule has 0 spiro atoms. The van der Waals surface area contributed by atoms with Gasteiger partial charge in [-0.1, -0.05) is 17.7 Å². The van der Waals surface area contributed by atoms with Crippen LogP contribution in [-0.4, -0.2) is 10.7 Å². The maximum Gasteiger partial charge on any atom is 0.277 e. The number of hydrogen-bond acceptors (Lipinski definition) is 4. The van der Waals surface area contributed by atoms with Gasteiger partial charge in [0.2, 0.25) is 0 Å². The number of nitro groups is 1. The van der Waals surface area contributed by atoms with Gasteiger partial charge in [0.25, 0.3) is 5.69 Å². The summed E-state index contributed by atoms with van der Waals surface area (Å²) in [7, 11) is 0. The number of halogens is 1. The molecule has 0 aliphatic rings. The second-order valence-electron chi connectivity index (χ2n) is 4.36. The van der Waals surface area contributed by atoms with Gasteiger partial charge in [0, 0.05) is 11.6 Å². The SMILES string of the molecule is CC(=O)c1ccc(OCc2c(Cl)cccc2[N+](=O)[O-])cc1. The molecule has 0 saturated heterocycles. The summed E-state index contributed by atoms with van der Waals surface area (Å²) in [6, 6.07) is 11.0. The highest BCUT2D eigenvalue weighted by molar-refractivity contribution is 6.31. The van der Waals surface area contributed by atoms with Gasteiger partial charge in [0.05, 0.1) is 15.5 Å². The molecule has 0 aliphatic carbocycles. The molecule has 0 N–H and O–H groups in total. The molecule has 0 saturated carbocycles. The topological polar surface area (TPSA) is 69.4 Å². The Labute approximate surface area is 126 Å². The van der Waals surface area contributed by atoms with Gasteiger partial charge >= 0.3 is 0 Å². The molecule has 2 aromatic rings. The zero-order valence-electron chi connectivity index (χ0n) is 11.2. The summed E-state index contributed by atoms with van der Waals surface area (Å²) in [4.78, 5) is 21.6. The Morgan fingerprint density at radius 1 is 1.24 bits per heavy atom. The predicted octanol–water partition coefficient (Wildman–Crippen LogP) is 4.03. The summed E-state index contributed by atoms with van der Waals surface area (Å²) in [5.41, 5.74) is 0.814. The number of benzene rings is 2. The Morgan fingerprint density at radius 2 is 1.90 bits per heavy atom. The number of rotatable bonds is 5. The van der Waals surface area contributed by atoms with E-state index in [1.54, 1.807) is 30.3 Å². The molecule has 0 fully saturated rings. The van der Waals surface area contributed by atoms with Crippen LogP contribution in [0.15, 0.2) is 42.5 Å². The van der Waals surface area contributed by atoms with Gasteiger partial charge in [0.15, 0.2) is 5.78 Å². The summed E-state index contributed by atoms with van der Waals surface area (Å²) in [5.74, 6) is 0.470.